The molecule has 0 spiro atoms. The Kier molecular flexibility index (Phi) is 3.32. The summed E-state index contributed by atoms with van der Waals surface area (Å²) in [5.74, 6) is 0. The van der Waals surface area contributed by atoms with Crippen molar-refractivity contribution < 1.29 is 4.74 Å². The Morgan fingerprint density at radius 2 is 1.93 bits per heavy atom. The molecule has 0 radical (unpaired) electrons. The van der Waals surface area contributed by atoms with Crippen molar-refractivity contribution in [2.24, 2.45) is 0 Å². The summed E-state index contributed by atoms with van der Waals surface area (Å²) in [7, 11) is 0. The lowest BCUT2D eigenvalue weighted by atomic mass is 10.1. The number of benzene rings is 1. The first kappa shape index (κ1) is 10.3. The van der Waals surface area contributed by atoms with Crippen molar-refractivity contribution in [3.63, 3.8) is 0 Å². The minimum atomic E-state index is 0.351. The van der Waals surface area contributed by atoms with Crippen LogP contribution in [0.2, 0.25) is 10.0 Å². The molecule has 1 aliphatic heterocycles. The Morgan fingerprint density at radius 3 is 2.50 bits per heavy atom. The molecule has 3 heteroatoms. The van der Waals surface area contributed by atoms with Crippen molar-refractivity contribution in [3.8, 4) is 0 Å². The summed E-state index contributed by atoms with van der Waals surface area (Å²) in [4.78, 5) is 0. The summed E-state index contributed by atoms with van der Waals surface area (Å²) in [5.41, 5.74) is 1.16. The van der Waals surface area contributed by atoms with Crippen molar-refractivity contribution in [2.45, 2.75) is 25.4 Å². The summed E-state index contributed by atoms with van der Waals surface area (Å²) >= 11 is 11.8. The van der Waals surface area contributed by atoms with Crippen molar-refractivity contribution in [1.29, 1.82) is 0 Å². The number of rotatable bonds is 2. The van der Waals surface area contributed by atoms with Gasteiger partial charge in [0.25, 0.3) is 0 Å². The first-order valence-electron chi connectivity index (χ1n) is 4.80. The number of halogens is 2. The van der Waals surface area contributed by atoms with Gasteiger partial charge in [-0.05, 0) is 43.0 Å². The summed E-state index contributed by atoms with van der Waals surface area (Å²) in [6, 6.07) is 5.66. The molecule has 1 aliphatic rings. The molecule has 0 aromatic heterocycles. The Labute approximate surface area is 94.0 Å². The topological polar surface area (TPSA) is 9.23 Å². The molecule has 0 saturated carbocycles. The molecular formula is C11H12Cl2O. The van der Waals surface area contributed by atoms with E-state index >= 15 is 0 Å². The van der Waals surface area contributed by atoms with E-state index in [1.165, 1.54) is 6.42 Å². The largest absolute Gasteiger partial charge is 0.378 e. The first-order chi connectivity index (χ1) is 6.74. The average Bonchev–Trinajstić information content (AvgIpc) is 2.54. The minimum absolute atomic E-state index is 0.351. The molecule has 1 aromatic rings. The van der Waals surface area contributed by atoms with Crippen LogP contribution >= 0.6 is 23.2 Å². The lowest BCUT2D eigenvalue weighted by Gasteiger charge is -2.09. The van der Waals surface area contributed by atoms with Crippen LogP contribution < -0.4 is 0 Å². The summed E-state index contributed by atoms with van der Waals surface area (Å²) in [5, 5.41) is 1.40. The predicted octanol–water partition coefficient (Wildman–Crippen LogP) is 3.71. The Morgan fingerprint density at radius 1 is 1.21 bits per heavy atom. The molecule has 0 amide bonds. The normalized spacial score (nSPS) is 21.4. The maximum Gasteiger partial charge on any atom is 0.0616 e. The highest BCUT2D eigenvalue weighted by Gasteiger charge is 2.16. The van der Waals surface area contributed by atoms with E-state index in [1.807, 2.05) is 12.1 Å². The summed E-state index contributed by atoms with van der Waals surface area (Å²) in [6.07, 6.45) is 3.58. The van der Waals surface area contributed by atoms with Gasteiger partial charge in [-0.2, -0.15) is 0 Å². The average molecular weight is 231 g/mol. The van der Waals surface area contributed by atoms with Gasteiger partial charge in [0.15, 0.2) is 0 Å². The quantitative estimate of drug-likeness (QED) is 0.753. The third-order valence-electron chi connectivity index (χ3n) is 2.41. The van der Waals surface area contributed by atoms with E-state index in [9.17, 15) is 0 Å². The SMILES string of the molecule is Clc1cc(Cl)cc(CC2CCCO2)c1. The maximum atomic E-state index is 5.91. The smallest absolute Gasteiger partial charge is 0.0616 e. The zero-order chi connectivity index (χ0) is 9.97. The third-order valence-corrected chi connectivity index (χ3v) is 2.85. The fourth-order valence-electron chi connectivity index (χ4n) is 1.80. The van der Waals surface area contributed by atoms with Crippen LogP contribution in [0.4, 0.5) is 0 Å². The van der Waals surface area contributed by atoms with Crippen molar-refractivity contribution >= 4 is 23.2 Å². The second-order valence-electron chi connectivity index (χ2n) is 3.62. The van der Waals surface area contributed by atoms with Crippen LogP contribution in [0.25, 0.3) is 0 Å². The van der Waals surface area contributed by atoms with E-state index < -0.39 is 0 Å². The Balaban J connectivity index is 2.07. The van der Waals surface area contributed by atoms with Gasteiger partial charge in [-0.1, -0.05) is 23.2 Å². The minimum Gasteiger partial charge on any atom is -0.378 e. The molecule has 1 atom stereocenters. The van der Waals surface area contributed by atoms with Gasteiger partial charge < -0.3 is 4.74 Å². The number of hydrogen-bond acceptors (Lipinski definition) is 1. The second-order valence-corrected chi connectivity index (χ2v) is 4.49. The van der Waals surface area contributed by atoms with E-state index in [0.29, 0.717) is 16.1 Å². The molecule has 0 bridgehead atoms. The van der Waals surface area contributed by atoms with Gasteiger partial charge in [0.05, 0.1) is 6.10 Å². The van der Waals surface area contributed by atoms with Crippen molar-refractivity contribution in [1.82, 2.24) is 0 Å². The van der Waals surface area contributed by atoms with Crippen LogP contribution in [0.5, 0.6) is 0 Å². The van der Waals surface area contributed by atoms with Crippen LogP contribution in [-0.2, 0) is 11.2 Å². The molecule has 1 saturated heterocycles. The highest BCUT2D eigenvalue weighted by Crippen LogP contribution is 2.23. The molecule has 2 rings (SSSR count). The number of ether oxygens (including phenoxy) is 1. The van der Waals surface area contributed by atoms with Crippen LogP contribution in [0.3, 0.4) is 0 Å². The summed E-state index contributed by atoms with van der Waals surface area (Å²) < 4.78 is 5.55. The molecule has 1 unspecified atom stereocenters. The fourth-order valence-corrected chi connectivity index (χ4v) is 2.37. The lowest BCUT2D eigenvalue weighted by Crippen LogP contribution is -2.08. The highest BCUT2D eigenvalue weighted by molar-refractivity contribution is 6.34. The summed E-state index contributed by atoms with van der Waals surface area (Å²) in [6.45, 7) is 0.888. The van der Waals surface area contributed by atoms with E-state index in [-0.39, 0.29) is 0 Å². The Bertz CT molecular complexity index is 299. The van der Waals surface area contributed by atoms with E-state index in [4.69, 9.17) is 27.9 Å². The van der Waals surface area contributed by atoms with Gasteiger partial charge in [0, 0.05) is 16.7 Å². The zero-order valence-electron chi connectivity index (χ0n) is 7.80. The lowest BCUT2D eigenvalue weighted by molar-refractivity contribution is 0.111. The van der Waals surface area contributed by atoms with E-state index in [1.54, 1.807) is 6.07 Å². The van der Waals surface area contributed by atoms with Crippen LogP contribution in [0.1, 0.15) is 18.4 Å². The fraction of sp³-hybridized carbons (Fsp3) is 0.455. The molecule has 0 N–H and O–H groups in total. The van der Waals surface area contributed by atoms with Gasteiger partial charge in [-0.15, -0.1) is 0 Å². The van der Waals surface area contributed by atoms with Gasteiger partial charge >= 0.3 is 0 Å². The highest BCUT2D eigenvalue weighted by atomic mass is 35.5. The van der Waals surface area contributed by atoms with Crippen LogP contribution in [0.15, 0.2) is 18.2 Å². The van der Waals surface area contributed by atoms with Gasteiger partial charge in [-0.25, -0.2) is 0 Å². The third kappa shape index (κ3) is 2.63. The number of hydrogen-bond donors (Lipinski definition) is 0. The second kappa shape index (κ2) is 4.52. The van der Waals surface area contributed by atoms with Crippen molar-refractivity contribution in [3.05, 3.63) is 33.8 Å². The first-order valence-corrected chi connectivity index (χ1v) is 5.56. The monoisotopic (exact) mass is 230 g/mol. The molecule has 1 nitrogen and oxygen atoms in total. The molecule has 1 aromatic carbocycles. The van der Waals surface area contributed by atoms with Gasteiger partial charge in [0.1, 0.15) is 0 Å². The van der Waals surface area contributed by atoms with Crippen molar-refractivity contribution in [2.75, 3.05) is 6.61 Å². The van der Waals surface area contributed by atoms with Crippen LogP contribution in [-0.4, -0.2) is 12.7 Å². The molecule has 0 aliphatic carbocycles. The van der Waals surface area contributed by atoms with Gasteiger partial charge in [-0.3, -0.25) is 0 Å². The standard InChI is InChI=1S/C11H12Cl2O/c12-9-4-8(5-10(13)7-9)6-11-2-1-3-14-11/h4-5,7,11H,1-3,6H2. The zero-order valence-corrected chi connectivity index (χ0v) is 9.31. The molecule has 1 fully saturated rings. The molecular weight excluding hydrogens is 219 g/mol. The van der Waals surface area contributed by atoms with E-state index in [0.717, 1.165) is 25.0 Å². The van der Waals surface area contributed by atoms with E-state index in [2.05, 4.69) is 0 Å². The van der Waals surface area contributed by atoms with Crippen LogP contribution in [0, 0.1) is 0 Å². The molecule has 1 heterocycles. The maximum absolute atomic E-state index is 5.91. The molecule has 14 heavy (non-hydrogen) atoms. The Hall–Kier alpha value is -0.240. The predicted molar refractivity (Wildman–Crippen MR) is 59.1 cm³/mol. The molecule has 76 valence electrons. The van der Waals surface area contributed by atoms with Gasteiger partial charge in [0.2, 0.25) is 0 Å².